The molecule has 1 atom stereocenters. The molecule has 3 N–H and O–H groups in total. The zero-order valence-corrected chi connectivity index (χ0v) is 31.3. The summed E-state index contributed by atoms with van der Waals surface area (Å²) in [5, 5.41) is 4.22. The molecule has 1 saturated carbocycles. The number of carbonyl (C=O) groups is 3. The summed E-state index contributed by atoms with van der Waals surface area (Å²) in [5.74, 6) is -6.03. The minimum Gasteiger partial charge on any atom is -0.461 e. The summed E-state index contributed by atoms with van der Waals surface area (Å²) in [7, 11) is -3.13. The van der Waals surface area contributed by atoms with Crippen LogP contribution in [0.4, 0.5) is 27.6 Å². The van der Waals surface area contributed by atoms with Gasteiger partial charge in [-0.05, 0) is 88.6 Å². The van der Waals surface area contributed by atoms with Gasteiger partial charge in [-0.3, -0.25) is 19.1 Å². The van der Waals surface area contributed by atoms with Gasteiger partial charge in [-0.25, -0.2) is 31.4 Å². The summed E-state index contributed by atoms with van der Waals surface area (Å²) in [4.78, 5) is 63.8. The largest absolute Gasteiger partial charge is 0.461 e. The molecule has 1 fully saturated rings. The maximum absolute atomic E-state index is 15.3. The van der Waals surface area contributed by atoms with Crippen LogP contribution in [0.1, 0.15) is 64.2 Å². The Morgan fingerprint density at radius 3 is 2.07 bits per heavy atom. The SMILES string of the molecule is Cc1c(C)n(C)c(=O)n(-c2ccc(C[C@H](NC(=O)c3cc(F)c(NS(=O)(=O)c4ccc(C(=O)NC5(C(F)(F)F)CC5)cc4)cc3F)C(=O)OC(C)C)cc2)c1=O. The van der Waals surface area contributed by atoms with Crippen LogP contribution < -0.4 is 26.6 Å². The zero-order valence-electron chi connectivity index (χ0n) is 30.5. The highest BCUT2D eigenvalue weighted by molar-refractivity contribution is 7.92. The molecule has 2 amide bonds. The summed E-state index contributed by atoms with van der Waals surface area (Å²) in [6.45, 7) is 6.32. The number of rotatable bonds is 12. The van der Waals surface area contributed by atoms with Crippen molar-refractivity contribution in [3.05, 3.63) is 121 Å². The molecule has 0 spiro atoms. The fourth-order valence-corrected chi connectivity index (χ4v) is 6.68. The Hall–Kier alpha value is -5.85. The molecule has 4 aromatic rings. The van der Waals surface area contributed by atoms with E-state index in [-0.39, 0.29) is 30.5 Å². The lowest BCUT2D eigenvalue weighted by atomic mass is 10.0. The normalized spacial score (nSPS) is 14.2. The number of nitrogens with one attached hydrogen (secondary N) is 3. The lowest BCUT2D eigenvalue weighted by molar-refractivity contribution is -0.163. The molecule has 0 saturated heterocycles. The van der Waals surface area contributed by atoms with Crippen LogP contribution in [-0.2, 0) is 33.0 Å². The molecule has 0 aliphatic heterocycles. The fraction of sp³-hybridized carbons (Fsp3) is 0.324. The molecule has 1 heterocycles. The second kappa shape index (κ2) is 15.4. The maximum atomic E-state index is 15.3. The number of esters is 1. The van der Waals surface area contributed by atoms with Crippen molar-refractivity contribution in [2.24, 2.45) is 7.05 Å². The smallest absolute Gasteiger partial charge is 0.411 e. The second-order valence-corrected chi connectivity index (χ2v) is 15.2. The van der Waals surface area contributed by atoms with Crippen molar-refractivity contribution < 1.29 is 49.5 Å². The molecule has 3 aromatic carbocycles. The van der Waals surface area contributed by atoms with Crippen LogP contribution in [0, 0.1) is 25.5 Å². The van der Waals surface area contributed by atoms with Crippen molar-refractivity contribution in [2.75, 3.05) is 4.72 Å². The summed E-state index contributed by atoms with van der Waals surface area (Å²) >= 11 is 0. The van der Waals surface area contributed by atoms with E-state index in [4.69, 9.17) is 4.74 Å². The van der Waals surface area contributed by atoms with Crippen LogP contribution in [0.25, 0.3) is 5.69 Å². The number of alkyl halides is 3. The van der Waals surface area contributed by atoms with Crippen LogP contribution in [0.15, 0.2) is 75.1 Å². The molecular formula is C37H36F5N5O8S. The average Bonchev–Trinajstić information content (AvgIpc) is 3.92. The third-order valence-electron chi connectivity index (χ3n) is 9.24. The van der Waals surface area contributed by atoms with Gasteiger partial charge in [0.2, 0.25) is 0 Å². The zero-order chi connectivity index (χ0) is 41.5. The Balaban J connectivity index is 1.31. The van der Waals surface area contributed by atoms with E-state index in [1.807, 2.05) is 10.0 Å². The van der Waals surface area contributed by atoms with E-state index in [0.717, 1.165) is 28.8 Å². The Bertz CT molecular complexity index is 2400. The van der Waals surface area contributed by atoms with Gasteiger partial charge in [0, 0.05) is 36.4 Å². The molecule has 1 aliphatic carbocycles. The third kappa shape index (κ3) is 8.51. The van der Waals surface area contributed by atoms with Gasteiger partial charge in [-0.2, -0.15) is 13.2 Å². The van der Waals surface area contributed by atoms with Crippen LogP contribution in [-0.4, -0.2) is 59.2 Å². The minimum atomic E-state index is -4.67. The molecule has 0 bridgehead atoms. The first-order valence-electron chi connectivity index (χ1n) is 17.0. The Kier molecular flexibility index (Phi) is 11.3. The number of carbonyl (C=O) groups excluding carboxylic acids is 3. The number of hydrogen-bond acceptors (Lipinski definition) is 8. The molecule has 1 aliphatic rings. The number of hydrogen-bond donors (Lipinski definition) is 3. The molecule has 0 radical (unpaired) electrons. The summed E-state index contributed by atoms with van der Waals surface area (Å²) in [6.07, 6.45) is -6.12. The quantitative estimate of drug-likeness (QED) is 0.140. The molecule has 0 unspecified atom stereocenters. The number of ether oxygens (including phenoxy) is 1. The van der Waals surface area contributed by atoms with E-state index in [0.29, 0.717) is 29.0 Å². The van der Waals surface area contributed by atoms with E-state index in [9.17, 15) is 45.6 Å². The van der Waals surface area contributed by atoms with Gasteiger partial charge in [0.15, 0.2) is 0 Å². The highest BCUT2D eigenvalue weighted by Gasteiger charge is 2.64. The first-order chi connectivity index (χ1) is 26.0. The van der Waals surface area contributed by atoms with Crippen LogP contribution >= 0.6 is 0 Å². The molecule has 5 rings (SSSR count). The summed E-state index contributed by atoms with van der Waals surface area (Å²) < 4.78 is 106. The van der Waals surface area contributed by atoms with Gasteiger partial charge in [0.1, 0.15) is 23.2 Å². The number of amides is 2. The Morgan fingerprint density at radius 1 is 0.911 bits per heavy atom. The number of aromatic nitrogens is 2. The second-order valence-electron chi connectivity index (χ2n) is 13.6. The summed E-state index contributed by atoms with van der Waals surface area (Å²) in [6, 6.07) is 8.95. The fourth-order valence-electron chi connectivity index (χ4n) is 5.62. The number of halogens is 5. The first-order valence-corrected chi connectivity index (χ1v) is 18.4. The molecule has 298 valence electrons. The third-order valence-corrected chi connectivity index (χ3v) is 10.6. The van der Waals surface area contributed by atoms with E-state index < -0.39 is 90.7 Å². The number of sulfonamides is 1. The molecule has 1 aromatic heterocycles. The monoisotopic (exact) mass is 805 g/mol. The van der Waals surface area contributed by atoms with Gasteiger partial charge in [-0.15, -0.1) is 0 Å². The standard InChI is InChI=1S/C37H36F5N5O8S/c1-19(2)55-34(51)30(16-22-6-10-24(11-7-22)47-33(50)20(3)21(4)46(5)35(47)52)43-32(49)26-17-28(39)29(18-27(26)38)45-56(53,54)25-12-8-23(9-13-25)31(48)44-36(14-15-36)37(40,41)42/h6-13,17-19,30,45H,14-16H2,1-5H3,(H,43,49)(H,44,48)/t30-/m0/s1. The Labute approximate surface area is 316 Å². The number of nitrogens with zero attached hydrogens (tertiary/aromatic N) is 2. The highest BCUT2D eigenvalue weighted by atomic mass is 32.2. The van der Waals surface area contributed by atoms with Gasteiger partial charge >= 0.3 is 17.8 Å². The summed E-state index contributed by atoms with van der Waals surface area (Å²) in [5.41, 5.74) is -4.01. The minimum absolute atomic E-state index is 0.219. The molecular weight excluding hydrogens is 769 g/mol. The van der Waals surface area contributed by atoms with Crippen molar-refractivity contribution in [1.29, 1.82) is 0 Å². The Morgan fingerprint density at radius 2 is 1.52 bits per heavy atom. The molecule has 56 heavy (non-hydrogen) atoms. The van der Waals surface area contributed by atoms with Crippen molar-refractivity contribution >= 4 is 33.5 Å². The van der Waals surface area contributed by atoms with E-state index >= 15 is 8.78 Å². The van der Waals surface area contributed by atoms with Gasteiger partial charge < -0.3 is 19.9 Å². The lowest BCUT2D eigenvalue weighted by Gasteiger charge is -2.20. The average molecular weight is 806 g/mol. The lowest BCUT2D eigenvalue weighted by Crippen LogP contribution is -2.47. The predicted octanol–water partition coefficient (Wildman–Crippen LogP) is 4.35. The van der Waals surface area contributed by atoms with Gasteiger partial charge in [0.05, 0.1) is 27.9 Å². The van der Waals surface area contributed by atoms with Crippen LogP contribution in [0.3, 0.4) is 0 Å². The van der Waals surface area contributed by atoms with Crippen molar-refractivity contribution in [3.8, 4) is 5.69 Å². The van der Waals surface area contributed by atoms with E-state index in [1.54, 1.807) is 27.7 Å². The predicted molar refractivity (Wildman–Crippen MR) is 192 cm³/mol. The van der Waals surface area contributed by atoms with E-state index in [1.165, 1.54) is 35.9 Å². The topological polar surface area (TPSA) is 175 Å². The van der Waals surface area contributed by atoms with Crippen LogP contribution in [0.5, 0.6) is 0 Å². The maximum Gasteiger partial charge on any atom is 0.411 e. The highest BCUT2D eigenvalue weighted by Crippen LogP contribution is 2.49. The van der Waals surface area contributed by atoms with Crippen molar-refractivity contribution in [2.45, 2.75) is 75.7 Å². The van der Waals surface area contributed by atoms with Crippen molar-refractivity contribution in [1.82, 2.24) is 19.8 Å². The number of anilines is 1. The molecule has 13 nitrogen and oxygen atoms in total. The van der Waals surface area contributed by atoms with Crippen LogP contribution in [0.2, 0.25) is 0 Å². The van der Waals surface area contributed by atoms with Gasteiger partial charge in [-0.1, -0.05) is 12.1 Å². The first kappa shape index (κ1) is 41.3. The number of benzene rings is 3. The van der Waals surface area contributed by atoms with Crippen molar-refractivity contribution in [3.63, 3.8) is 0 Å². The molecule has 19 heteroatoms. The van der Waals surface area contributed by atoms with E-state index in [2.05, 4.69) is 5.32 Å². The van der Waals surface area contributed by atoms with Gasteiger partial charge in [0.25, 0.3) is 27.4 Å².